The van der Waals surface area contributed by atoms with Crippen molar-refractivity contribution in [2.45, 2.75) is 32.0 Å². The molecule has 0 saturated heterocycles. The minimum Gasteiger partial charge on any atom is -0.457 e. The third-order valence-corrected chi connectivity index (χ3v) is 4.95. The standard InChI is InChI=1S/C16H17FN2O5S/c1-11-2-4-12(5-3-11)10-25(21,22)23-9-14-8-19-13(7-17)6-15(20)18-16(19)24-14/h2-6,14H,7-10H2,1H3/t14-/m0/s1. The van der Waals surface area contributed by atoms with Crippen molar-refractivity contribution < 1.29 is 21.7 Å². The SMILES string of the molecule is Cc1ccc(CS(=O)(=O)OC[C@@H]2Cn3c(CF)cc(=O)nc3O2)cc1. The molecule has 9 heteroatoms. The second kappa shape index (κ2) is 6.93. The van der Waals surface area contributed by atoms with E-state index in [0.717, 1.165) is 11.6 Å². The van der Waals surface area contributed by atoms with Crippen molar-refractivity contribution in [3.63, 3.8) is 0 Å². The lowest BCUT2D eigenvalue weighted by atomic mass is 10.2. The van der Waals surface area contributed by atoms with Gasteiger partial charge in [0.2, 0.25) is 0 Å². The molecule has 134 valence electrons. The second-order valence-corrected chi connectivity index (χ2v) is 7.46. The van der Waals surface area contributed by atoms with Gasteiger partial charge in [-0.3, -0.25) is 13.5 Å². The zero-order valence-corrected chi connectivity index (χ0v) is 14.3. The molecule has 0 spiro atoms. The molecule has 0 bridgehead atoms. The molecule has 0 radical (unpaired) electrons. The van der Waals surface area contributed by atoms with Crippen molar-refractivity contribution in [2.75, 3.05) is 6.61 Å². The van der Waals surface area contributed by atoms with Crippen LogP contribution in [0.15, 0.2) is 35.1 Å². The van der Waals surface area contributed by atoms with Gasteiger partial charge in [0.15, 0.2) is 0 Å². The van der Waals surface area contributed by atoms with E-state index in [-0.39, 0.29) is 30.6 Å². The number of hydrogen-bond acceptors (Lipinski definition) is 6. The van der Waals surface area contributed by atoms with Gasteiger partial charge in [0, 0.05) is 6.07 Å². The molecule has 2 aromatic rings. The number of halogens is 1. The lowest BCUT2D eigenvalue weighted by Crippen LogP contribution is -2.24. The zero-order chi connectivity index (χ0) is 18.0. The first-order valence-corrected chi connectivity index (χ1v) is 9.20. The summed E-state index contributed by atoms with van der Waals surface area (Å²) in [5.74, 6) is -0.251. The van der Waals surface area contributed by atoms with Gasteiger partial charge in [-0.15, -0.1) is 0 Å². The van der Waals surface area contributed by atoms with E-state index >= 15 is 0 Å². The Morgan fingerprint density at radius 2 is 2.08 bits per heavy atom. The molecule has 2 heterocycles. The molecular formula is C16H17FN2O5S. The Morgan fingerprint density at radius 3 is 2.76 bits per heavy atom. The number of hydrogen-bond donors (Lipinski definition) is 0. The highest BCUT2D eigenvalue weighted by Gasteiger charge is 2.28. The monoisotopic (exact) mass is 368 g/mol. The van der Waals surface area contributed by atoms with Crippen LogP contribution < -0.4 is 10.3 Å². The van der Waals surface area contributed by atoms with Gasteiger partial charge in [-0.1, -0.05) is 29.8 Å². The lowest BCUT2D eigenvalue weighted by Gasteiger charge is -2.10. The van der Waals surface area contributed by atoms with Crippen LogP contribution in [0.5, 0.6) is 6.01 Å². The van der Waals surface area contributed by atoms with Crippen molar-refractivity contribution in [2.24, 2.45) is 0 Å². The highest BCUT2D eigenvalue weighted by atomic mass is 32.2. The summed E-state index contributed by atoms with van der Waals surface area (Å²) in [6.07, 6.45) is -0.660. The maximum absolute atomic E-state index is 13.0. The molecule has 25 heavy (non-hydrogen) atoms. The van der Waals surface area contributed by atoms with Crippen molar-refractivity contribution in [3.05, 3.63) is 57.5 Å². The Bertz CT molecular complexity index is 925. The fraction of sp³-hybridized carbons (Fsp3) is 0.375. The van der Waals surface area contributed by atoms with Crippen LogP contribution in [0, 0.1) is 6.92 Å². The van der Waals surface area contributed by atoms with E-state index in [1.54, 1.807) is 12.1 Å². The van der Waals surface area contributed by atoms with E-state index in [1.165, 1.54) is 4.57 Å². The molecule has 1 atom stereocenters. The quantitative estimate of drug-likeness (QED) is 0.715. The van der Waals surface area contributed by atoms with E-state index in [2.05, 4.69) is 4.98 Å². The number of nitrogens with zero attached hydrogens (tertiary/aromatic N) is 2. The molecule has 1 aromatic carbocycles. The van der Waals surface area contributed by atoms with Crippen LogP contribution in [0.1, 0.15) is 16.8 Å². The molecule has 3 rings (SSSR count). The summed E-state index contributed by atoms with van der Waals surface area (Å²) in [6.45, 7) is 1.00. The van der Waals surface area contributed by atoms with Crippen LogP contribution in [0.4, 0.5) is 4.39 Å². The zero-order valence-electron chi connectivity index (χ0n) is 13.5. The first-order valence-electron chi connectivity index (χ1n) is 7.62. The van der Waals surface area contributed by atoms with Crippen LogP contribution in [-0.4, -0.2) is 30.7 Å². The molecule has 0 saturated carbocycles. The fourth-order valence-electron chi connectivity index (χ4n) is 2.51. The van der Waals surface area contributed by atoms with E-state index < -0.39 is 28.5 Å². The summed E-state index contributed by atoms with van der Waals surface area (Å²) < 4.78 is 48.9. The van der Waals surface area contributed by atoms with E-state index in [0.29, 0.717) is 5.56 Å². The second-order valence-electron chi connectivity index (χ2n) is 5.82. The van der Waals surface area contributed by atoms with Crippen LogP contribution >= 0.6 is 0 Å². The van der Waals surface area contributed by atoms with Crippen molar-refractivity contribution >= 4 is 10.1 Å². The molecule has 1 aromatic heterocycles. The molecule has 0 unspecified atom stereocenters. The van der Waals surface area contributed by atoms with Gasteiger partial charge in [0.25, 0.3) is 15.7 Å². The van der Waals surface area contributed by atoms with Gasteiger partial charge in [0.1, 0.15) is 25.1 Å². The molecular weight excluding hydrogens is 351 g/mol. The summed E-state index contributed by atoms with van der Waals surface area (Å²) in [6, 6.07) is 8.16. The van der Waals surface area contributed by atoms with Crippen LogP contribution in [0.25, 0.3) is 0 Å². The number of fused-ring (bicyclic) bond motifs is 1. The van der Waals surface area contributed by atoms with Crippen molar-refractivity contribution in [1.82, 2.24) is 9.55 Å². The molecule has 0 aliphatic carbocycles. The molecule has 0 N–H and O–H groups in total. The predicted molar refractivity (Wildman–Crippen MR) is 87.5 cm³/mol. The van der Waals surface area contributed by atoms with Crippen molar-refractivity contribution in [1.29, 1.82) is 0 Å². The number of ether oxygens (including phenoxy) is 1. The Morgan fingerprint density at radius 1 is 1.36 bits per heavy atom. The highest BCUT2D eigenvalue weighted by molar-refractivity contribution is 7.85. The van der Waals surface area contributed by atoms with Gasteiger partial charge in [-0.2, -0.15) is 13.4 Å². The molecule has 1 aliphatic rings. The summed E-state index contributed by atoms with van der Waals surface area (Å²) in [4.78, 5) is 15.0. The van der Waals surface area contributed by atoms with Crippen LogP contribution in [-0.2, 0) is 33.3 Å². The first-order chi connectivity index (χ1) is 11.9. The number of aryl methyl sites for hydroxylation is 1. The van der Waals surface area contributed by atoms with Gasteiger partial charge >= 0.3 is 6.01 Å². The number of alkyl halides is 1. The normalized spacial score (nSPS) is 16.5. The fourth-order valence-corrected chi connectivity index (χ4v) is 3.56. The lowest BCUT2D eigenvalue weighted by molar-refractivity contribution is 0.147. The van der Waals surface area contributed by atoms with Gasteiger partial charge in [0.05, 0.1) is 12.2 Å². The van der Waals surface area contributed by atoms with E-state index in [1.807, 2.05) is 19.1 Å². The Hall–Kier alpha value is -2.26. The van der Waals surface area contributed by atoms with E-state index in [4.69, 9.17) is 8.92 Å². The smallest absolute Gasteiger partial charge is 0.300 e. The largest absolute Gasteiger partial charge is 0.457 e. The van der Waals surface area contributed by atoms with Gasteiger partial charge < -0.3 is 4.74 Å². The average Bonchev–Trinajstić information content (AvgIpc) is 2.97. The number of benzene rings is 1. The Balaban J connectivity index is 1.62. The van der Waals surface area contributed by atoms with Crippen LogP contribution in [0.3, 0.4) is 0 Å². The maximum atomic E-state index is 13.0. The van der Waals surface area contributed by atoms with E-state index in [9.17, 15) is 17.6 Å². The maximum Gasteiger partial charge on any atom is 0.300 e. The number of aromatic nitrogens is 2. The summed E-state index contributed by atoms with van der Waals surface area (Å²) in [5, 5.41) is 0. The first kappa shape index (κ1) is 17.6. The highest BCUT2D eigenvalue weighted by Crippen LogP contribution is 2.21. The summed E-state index contributed by atoms with van der Waals surface area (Å²) in [5.41, 5.74) is 1.19. The Labute approximate surface area is 144 Å². The van der Waals surface area contributed by atoms with Gasteiger partial charge in [-0.05, 0) is 12.5 Å². The van der Waals surface area contributed by atoms with Crippen LogP contribution in [0.2, 0.25) is 0 Å². The molecule has 1 aliphatic heterocycles. The average molecular weight is 368 g/mol. The molecule has 7 nitrogen and oxygen atoms in total. The minimum atomic E-state index is -3.79. The minimum absolute atomic E-state index is 0.0234. The third kappa shape index (κ3) is 4.23. The van der Waals surface area contributed by atoms with Crippen molar-refractivity contribution in [3.8, 4) is 6.01 Å². The Kier molecular flexibility index (Phi) is 4.87. The summed E-state index contributed by atoms with van der Waals surface area (Å²) in [7, 11) is -3.79. The molecule has 0 amide bonds. The predicted octanol–water partition coefficient (Wildman–Crippen LogP) is 1.33. The summed E-state index contributed by atoms with van der Waals surface area (Å²) >= 11 is 0. The topological polar surface area (TPSA) is 87.5 Å². The number of rotatable bonds is 6. The van der Waals surface area contributed by atoms with Gasteiger partial charge in [-0.25, -0.2) is 4.39 Å². The third-order valence-electron chi connectivity index (χ3n) is 3.77. The molecule has 0 fully saturated rings.